The highest BCUT2D eigenvalue weighted by molar-refractivity contribution is 5.63. The van der Waals surface area contributed by atoms with E-state index < -0.39 is 0 Å². The average molecular weight is 275 g/mol. The van der Waals surface area contributed by atoms with Crippen molar-refractivity contribution in [1.82, 2.24) is 5.32 Å². The third kappa shape index (κ3) is 3.84. The van der Waals surface area contributed by atoms with Gasteiger partial charge in [-0.1, -0.05) is 29.8 Å². The Kier molecular flexibility index (Phi) is 4.84. The summed E-state index contributed by atoms with van der Waals surface area (Å²) < 4.78 is 11.1. The smallest absolute Gasteiger partial charge is 0.130 e. The minimum atomic E-state index is -0.0864. The van der Waals surface area contributed by atoms with Crippen LogP contribution in [0.25, 0.3) is 6.08 Å². The normalized spacial score (nSPS) is 16.9. The lowest BCUT2D eigenvalue weighted by atomic mass is 10.00. The van der Waals surface area contributed by atoms with Gasteiger partial charge < -0.3 is 14.8 Å². The zero-order chi connectivity index (χ0) is 14.6. The molecule has 0 atom stereocenters. The molecule has 1 heterocycles. The van der Waals surface area contributed by atoms with Crippen LogP contribution in [0.4, 0.5) is 0 Å². The highest BCUT2D eigenvalue weighted by atomic mass is 16.5. The third-order valence-electron chi connectivity index (χ3n) is 3.41. The molecule has 0 aromatic heterocycles. The van der Waals surface area contributed by atoms with Crippen LogP contribution in [0.2, 0.25) is 0 Å². The number of para-hydroxylation sites is 1. The molecule has 0 saturated heterocycles. The molecule has 0 radical (unpaired) electrons. The minimum absolute atomic E-state index is 0.0864. The molecule has 0 saturated carbocycles. The molecular formula is C17H25NO2. The summed E-state index contributed by atoms with van der Waals surface area (Å²) in [5.41, 5.74) is 3.70. The first-order chi connectivity index (χ1) is 9.52. The standard InChI is InChI=1S/C17H25NO2/c1-13(12-18-8-9-19-4)10-14-6-5-7-15-11-17(2,3)20-16(14)15/h5-7,10,18H,8-9,11-12H2,1-4H3. The number of fused-ring (bicyclic) bond motifs is 1. The molecule has 20 heavy (non-hydrogen) atoms. The SMILES string of the molecule is COCCNCC(C)=Cc1cccc2c1OC(C)(C)C2. The molecule has 1 N–H and O–H groups in total. The van der Waals surface area contributed by atoms with Gasteiger partial charge >= 0.3 is 0 Å². The van der Waals surface area contributed by atoms with Crippen LogP contribution >= 0.6 is 0 Å². The molecule has 3 heteroatoms. The van der Waals surface area contributed by atoms with Crippen LogP contribution in [0.15, 0.2) is 23.8 Å². The van der Waals surface area contributed by atoms with Crippen LogP contribution in [-0.4, -0.2) is 32.4 Å². The van der Waals surface area contributed by atoms with Gasteiger partial charge in [-0.05, 0) is 26.3 Å². The number of benzene rings is 1. The summed E-state index contributed by atoms with van der Waals surface area (Å²) >= 11 is 0. The molecular weight excluding hydrogens is 250 g/mol. The molecule has 0 bridgehead atoms. The minimum Gasteiger partial charge on any atom is -0.487 e. The molecule has 1 aromatic rings. The first-order valence-electron chi connectivity index (χ1n) is 7.19. The van der Waals surface area contributed by atoms with E-state index in [9.17, 15) is 0 Å². The maximum absolute atomic E-state index is 6.08. The summed E-state index contributed by atoms with van der Waals surface area (Å²) in [6, 6.07) is 6.40. The summed E-state index contributed by atoms with van der Waals surface area (Å²) in [4.78, 5) is 0. The van der Waals surface area contributed by atoms with Gasteiger partial charge in [0.25, 0.3) is 0 Å². The largest absolute Gasteiger partial charge is 0.487 e. The fourth-order valence-corrected chi connectivity index (χ4v) is 2.53. The quantitative estimate of drug-likeness (QED) is 0.809. The van der Waals surface area contributed by atoms with Gasteiger partial charge in [-0.3, -0.25) is 0 Å². The molecule has 0 spiro atoms. The predicted octanol–water partition coefficient (Wildman–Crippen LogP) is 3.04. The van der Waals surface area contributed by atoms with E-state index in [1.165, 1.54) is 16.7 Å². The third-order valence-corrected chi connectivity index (χ3v) is 3.41. The van der Waals surface area contributed by atoms with E-state index in [2.05, 4.69) is 50.4 Å². The van der Waals surface area contributed by atoms with Crippen molar-refractivity contribution in [2.24, 2.45) is 0 Å². The van der Waals surface area contributed by atoms with E-state index in [-0.39, 0.29) is 5.60 Å². The average Bonchev–Trinajstić information content (AvgIpc) is 2.70. The first kappa shape index (κ1) is 15.1. The lowest BCUT2D eigenvalue weighted by molar-refractivity contribution is 0.138. The van der Waals surface area contributed by atoms with Crippen LogP contribution in [0.5, 0.6) is 5.75 Å². The van der Waals surface area contributed by atoms with Gasteiger partial charge in [0.05, 0.1) is 6.61 Å². The Morgan fingerprint density at radius 3 is 3.00 bits per heavy atom. The van der Waals surface area contributed by atoms with Crippen molar-refractivity contribution in [3.63, 3.8) is 0 Å². The van der Waals surface area contributed by atoms with Gasteiger partial charge in [0.2, 0.25) is 0 Å². The molecule has 3 nitrogen and oxygen atoms in total. The van der Waals surface area contributed by atoms with E-state index in [0.29, 0.717) is 0 Å². The molecule has 0 unspecified atom stereocenters. The van der Waals surface area contributed by atoms with Crippen molar-refractivity contribution in [1.29, 1.82) is 0 Å². The lowest BCUT2D eigenvalue weighted by Crippen LogP contribution is -2.24. The number of methoxy groups -OCH3 is 1. The Labute approximate surface area is 122 Å². The maximum Gasteiger partial charge on any atom is 0.130 e. The molecule has 1 aliphatic heterocycles. The molecule has 2 rings (SSSR count). The van der Waals surface area contributed by atoms with Gasteiger partial charge in [-0.15, -0.1) is 0 Å². The monoisotopic (exact) mass is 275 g/mol. The Bertz CT molecular complexity index is 492. The van der Waals surface area contributed by atoms with Gasteiger partial charge in [0, 0.05) is 32.2 Å². The van der Waals surface area contributed by atoms with Crippen molar-refractivity contribution in [3.8, 4) is 5.75 Å². The lowest BCUT2D eigenvalue weighted by Gasteiger charge is -2.17. The maximum atomic E-state index is 6.08. The summed E-state index contributed by atoms with van der Waals surface area (Å²) in [5, 5.41) is 3.36. The van der Waals surface area contributed by atoms with Crippen molar-refractivity contribution >= 4 is 6.08 Å². The number of nitrogens with one attached hydrogen (secondary N) is 1. The van der Waals surface area contributed by atoms with Gasteiger partial charge in [0.15, 0.2) is 0 Å². The Hall–Kier alpha value is -1.32. The summed E-state index contributed by atoms with van der Waals surface area (Å²) in [5.74, 6) is 1.05. The fraction of sp³-hybridized carbons (Fsp3) is 0.529. The molecule has 0 fully saturated rings. The molecule has 0 amide bonds. The van der Waals surface area contributed by atoms with E-state index in [1.807, 2.05) is 0 Å². The van der Waals surface area contributed by atoms with Gasteiger partial charge in [-0.25, -0.2) is 0 Å². The zero-order valence-electron chi connectivity index (χ0n) is 13.0. The van der Waals surface area contributed by atoms with Gasteiger partial charge in [0.1, 0.15) is 11.4 Å². The highest BCUT2D eigenvalue weighted by Crippen LogP contribution is 2.38. The van der Waals surface area contributed by atoms with Crippen LogP contribution in [0.1, 0.15) is 31.9 Å². The Morgan fingerprint density at radius 2 is 2.25 bits per heavy atom. The second-order valence-corrected chi connectivity index (χ2v) is 6.03. The second-order valence-electron chi connectivity index (χ2n) is 6.03. The van der Waals surface area contributed by atoms with Crippen LogP contribution in [0.3, 0.4) is 0 Å². The van der Waals surface area contributed by atoms with Crippen molar-refractivity contribution in [3.05, 3.63) is 34.9 Å². The number of hydrogen-bond acceptors (Lipinski definition) is 3. The fourth-order valence-electron chi connectivity index (χ4n) is 2.53. The van der Waals surface area contributed by atoms with Gasteiger partial charge in [-0.2, -0.15) is 0 Å². The molecule has 110 valence electrons. The van der Waals surface area contributed by atoms with E-state index in [4.69, 9.17) is 9.47 Å². The summed E-state index contributed by atoms with van der Waals surface area (Å²) in [6.07, 6.45) is 3.19. The van der Waals surface area contributed by atoms with Crippen LogP contribution in [-0.2, 0) is 11.2 Å². The van der Waals surface area contributed by atoms with Crippen molar-refractivity contribution in [2.75, 3.05) is 26.8 Å². The number of rotatable bonds is 6. The van der Waals surface area contributed by atoms with E-state index in [1.54, 1.807) is 7.11 Å². The molecule has 0 aliphatic carbocycles. The summed E-state index contributed by atoms with van der Waals surface area (Å²) in [6.45, 7) is 8.90. The van der Waals surface area contributed by atoms with Crippen LogP contribution < -0.4 is 10.1 Å². The topological polar surface area (TPSA) is 30.5 Å². The van der Waals surface area contributed by atoms with E-state index >= 15 is 0 Å². The predicted molar refractivity (Wildman–Crippen MR) is 83.2 cm³/mol. The Morgan fingerprint density at radius 1 is 1.45 bits per heavy atom. The van der Waals surface area contributed by atoms with E-state index in [0.717, 1.165) is 31.9 Å². The summed E-state index contributed by atoms with van der Waals surface area (Å²) in [7, 11) is 1.72. The van der Waals surface area contributed by atoms with Crippen molar-refractivity contribution < 1.29 is 9.47 Å². The molecule has 1 aliphatic rings. The number of ether oxygens (including phenoxy) is 2. The Balaban J connectivity index is 2.05. The zero-order valence-corrected chi connectivity index (χ0v) is 13.0. The van der Waals surface area contributed by atoms with Crippen molar-refractivity contribution in [2.45, 2.75) is 32.8 Å². The van der Waals surface area contributed by atoms with Crippen LogP contribution in [0, 0.1) is 0 Å². The first-order valence-corrected chi connectivity index (χ1v) is 7.19. The highest BCUT2D eigenvalue weighted by Gasteiger charge is 2.31. The second kappa shape index (κ2) is 6.42. The molecule has 1 aromatic carbocycles. The number of hydrogen-bond donors (Lipinski definition) is 1.